The van der Waals surface area contributed by atoms with Crippen LogP contribution in [0.2, 0.25) is 5.02 Å². The van der Waals surface area contributed by atoms with Crippen LogP contribution in [-0.4, -0.2) is 16.3 Å². The van der Waals surface area contributed by atoms with Gasteiger partial charge in [0.15, 0.2) is 0 Å². The maximum Gasteiger partial charge on any atom is 0.419 e. The number of rotatable bonds is 1. The van der Waals surface area contributed by atoms with Crippen molar-refractivity contribution in [2.75, 3.05) is 0 Å². The molecule has 2 rings (SSSR count). The first kappa shape index (κ1) is 13.9. The fourth-order valence-electron chi connectivity index (χ4n) is 2.01. The minimum absolute atomic E-state index is 0.360. The minimum atomic E-state index is -0.517. The Bertz CT molecular complexity index is 623. The van der Waals surface area contributed by atoms with Crippen molar-refractivity contribution in [3.05, 3.63) is 35.0 Å². The topological polar surface area (TPSA) is 31.2 Å². The van der Waals surface area contributed by atoms with Crippen LogP contribution in [0.15, 0.2) is 24.3 Å². The van der Waals surface area contributed by atoms with E-state index in [1.807, 2.05) is 45.9 Å². The van der Waals surface area contributed by atoms with E-state index in [-0.39, 0.29) is 6.09 Å². The highest BCUT2D eigenvalue weighted by Crippen LogP contribution is 2.25. The average Bonchev–Trinajstić information content (AvgIpc) is 2.64. The highest BCUT2D eigenvalue weighted by Gasteiger charge is 2.21. The number of hydrogen-bond acceptors (Lipinski definition) is 2. The summed E-state index contributed by atoms with van der Waals surface area (Å²) in [5, 5.41) is 1.60. The number of halogens is 1. The summed E-state index contributed by atoms with van der Waals surface area (Å²) < 4.78 is 7.06. The molecule has 2 aromatic rings. The first-order valence-corrected chi connectivity index (χ1v) is 6.73. The summed E-state index contributed by atoms with van der Waals surface area (Å²) in [7, 11) is 0. The smallest absolute Gasteiger partial charge is 0.419 e. The molecule has 0 atom stereocenters. The number of carbonyl (C=O) groups is 1. The second-order valence-corrected chi connectivity index (χ2v) is 5.94. The van der Waals surface area contributed by atoms with Gasteiger partial charge in [-0.25, -0.2) is 9.36 Å². The second-order valence-electron chi connectivity index (χ2n) is 5.51. The number of hydrogen-bond donors (Lipinski definition) is 0. The van der Waals surface area contributed by atoms with Crippen LogP contribution in [0.25, 0.3) is 10.9 Å². The quantitative estimate of drug-likeness (QED) is 0.761. The van der Waals surface area contributed by atoms with Gasteiger partial charge in [0.05, 0.1) is 5.52 Å². The lowest BCUT2D eigenvalue weighted by atomic mass is 10.2. The van der Waals surface area contributed by atoms with Gasteiger partial charge in [-0.15, -0.1) is 0 Å². The predicted molar refractivity (Wildman–Crippen MR) is 78.0 cm³/mol. The number of aryl methyl sites for hydroxylation is 1. The molecule has 0 unspecified atom stereocenters. The molecule has 1 heterocycles. The summed E-state index contributed by atoms with van der Waals surface area (Å²) in [5.74, 6) is 0. The van der Waals surface area contributed by atoms with Crippen molar-refractivity contribution in [3.8, 4) is 0 Å². The summed E-state index contributed by atoms with van der Waals surface area (Å²) in [6, 6.07) is 7.52. The maximum atomic E-state index is 12.3. The van der Waals surface area contributed by atoms with E-state index in [1.165, 1.54) is 0 Å². The lowest BCUT2D eigenvalue weighted by Crippen LogP contribution is -2.27. The van der Waals surface area contributed by atoms with Gasteiger partial charge in [-0.05, 0) is 45.4 Å². The van der Waals surface area contributed by atoms with E-state index < -0.39 is 5.60 Å². The molecule has 0 bridgehead atoms. The highest BCUT2D eigenvalue weighted by atomic mass is 35.5. The molecule has 1 aromatic heterocycles. The van der Waals surface area contributed by atoms with Gasteiger partial charge in [0.1, 0.15) is 5.60 Å². The zero-order valence-electron chi connectivity index (χ0n) is 11.7. The van der Waals surface area contributed by atoms with Crippen LogP contribution in [0.3, 0.4) is 0 Å². The molecule has 3 nitrogen and oxygen atoms in total. The van der Waals surface area contributed by atoms with Crippen molar-refractivity contribution in [2.45, 2.75) is 39.7 Å². The Morgan fingerprint density at radius 3 is 2.58 bits per heavy atom. The Morgan fingerprint density at radius 2 is 2.00 bits per heavy atom. The second kappa shape index (κ2) is 4.89. The van der Waals surface area contributed by atoms with Crippen LogP contribution in [0.4, 0.5) is 4.79 Å². The third-order valence-electron chi connectivity index (χ3n) is 2.78. The molecule has 19 heavy (non-hydrogen) atoms. The van der Waals surface area contributed by atoms with E-state index in [9.17, 15) is 4.79 Å². The summed E-state index contributed by atoms with van der Waals surface area (Å²) in [5.41, 5.74) is 1.20. The predicted octanol–water partition coefficient (Wildman–Crippen LogP) is 4.64. The van der Waals surface area contributed by atoms with E-state index >= 15 is 0 Å². The van der Waals surface area contributed by atoms with Crippen molar-refractivity contribution >= 4 is 28.6 Å². The van der Waals surface area contributed by atoms with Crippen molar-refractivity contribution in [1.29, 1.82) is 0 Å². The van der Waals surface area contributed by atoms with Gasteiger partial charge in [-0.1, -0.05) is 24.6 Å². The number of aromatic nitrogens is 1. The molecule has 102 valence electrons. The molecule has 0 spiro atoms. The lowest BCUT2D eigenvalue weighted by Gasteiger charge is -2.20. The fraction of sp³-hybridized carbons (Fsp3) is 0.400. The molecule has 0 amide bonds. The molecule has 4 heteroatoms. The minimum Gasteiger partial charge on any atom is -0.443 e. The maximum absolute atomic E-state index is 12.3. The van der Waals surface area contributed by atoms with Gasteiger partial charge in [0.2, 0.25) is 0 Å². The van der Waals surface area contributed by atoms with Gasteiger partial charge >= 0.3 is 6.09 Å². The van der Waals surface area contributed by atoms with Crippen molar-refractivity contribution < 1.29 is 9.53 Å². The molecule has 0 radical (unpaired) electrons. The molecule has 0 N–H and O–H groups in total. The number of carbonyl (C=O) groups excluding carboxylic acids is 1. The molecular weight excluding hydrogens is 262 g/mol. The monoisotopic (exact) mass is 279 g/mol. The van der Waals surface area contributed by atoms with E-state index in [1.54, 1.807) is 10.6 Å². The Balaban J connectivity index is 2.56. The molecule has 0 saturated heterocycles. The van der Waals surface area contributed by atoms with E-state index in [0.717, 1.165) is 23.0 Å². The summed E-state index contributed by atoms with van der Waals surface area (Å²) >= 11 is 6.02. The number of ether oxygens (including phenoxy) is 1. The zero-order chi connectivity index (χ0) is 14.2. The third-order valence-corrected chi connectivity index (χ3v) is 3.02. The normalized spacial score (nSPS) is 11.8. The van der Waals surface area contributed by atoms with Crippen LogP contribution in [0, 0.1) is 0 Å². The lowest BCUT2D eigenvalue weighted by molar-refractivity contribution is 0.0540. The zero-order valence-corrected chi connectivity index (χ0v) is 12.4. The first-order valence-electron chi connectivity index (χ1n) is 6.35. The molecule has 0 aliphatic carbocycles. The summed E-state index contributed by atoms with van der Waals surface area (Å²) in [4.78, 5) is 12.3. The van der Waals surface area contributed by atoms with Crippen molar-refractivity contribution in [3.63, 3.8) is 0 Å². The van der Waals surface area contributed by atoms with Gasteiger partial charge in [-0.3, -0.25) is 0 Å². The van der Waals surface area contributed by atoms with E-state index in [0.29, 0.717) is 5.02 Å². The van der Waals surface area contributed by atoms with Gasteiger partial charge in [-0.2, -0.15) is 0 Å². The van der Waals surface area contributed by atoms with E-state index in [2.05, 4.69) is 0 Å². The first-order chi connectivity index (χ1) is 8.81. The average molecular weight is 280 g/mol. The van der Waals surface area contributed by atoms with Crippen LogP contribution in [0.1, 0.15) is 33.4 Å². The van der Waals surface area contributed by atoms with Crippen LogP contribution < -0.4 is 0 Å². The Morgan fingerprint density at radius 1 is 1.32 bits per heavy atom. The van der Waals surface area contributed by atoms with Crippen molar-refractivity contribution in [1.82, 2.24) is 4.57 Å². The molecule has 0 fully saturated rings. The highest BCUT2D eigenvalue weighted by molar-refractivity contribution is 6.31. The third kappa shape index (κ3) is 2.92. The molecule has 0 aliphatic heterocycles. The summed E-state index contributed by atoms with van der Waals surface area (Å²) in [6.45, 7) is 7.58. The number of nitrogens with zero attached hydrogens (tertiary/aromatic N) is 1. The molecule has 1 aromatic carbocycles. The molecular formula is C15H18ClNO2. The molecule has 0 saturated carbocycles. The Kier molecular flexibility index (Phi) is 3.59. The SMILES string of the molecule is CCc1cc2ccc(Cl)cc2n1C(=O)OC(C)(C)C. The summed E-state index contributed by atoms with van der Waals surface area (Å²) in [6.07, 6.45) is 0.396. The van der Waals surface area contributed by atoms with Crippen LogP contribution >= 0.6 is 11.6 Å². The standard InChI is InChI=1S/C15H18ClNO2/c1-5-12-8-10-6-7-11(16)9-13(10)17(12)14(18)19-15(2,3)4/h6-9H,5H2,1-4H3. The van der Waals surface area contributed by atoms with Gasteiger partial charge in [0.25, 0.3) is 0 Å². The van der Waals surface area contributed by atoms with Gasteiger partial charge in [0, 0.05) is 16.1 Å². The fourth-order valence-corrected chi connectivity index (χ4v) is 2.18. The van der Waals surface area contributed by atoms with E-state index in [4.69, 9.17) is 16.3 Å². The van der Waals surface area contributed by atoms with Crippen LogP contribution in [0.5, 0.6) is 0 Å². The molecule has 0 aliphatic rings. The number of fused-ring (bicyclic) bond motifs is 1. The van der Waals surface area contributed by atoms with Crippen LogP contribution in [-0.2, 0) is 11.2 Å². The Hall–Kier alpha value is -1.48. The van der Waals surface area contributed by atoms with Crippen molar-refractivity contribution in [2.24, 2.45) is 0 Å². The largest absolute Gasteiger partial charge is 0.443 e. The number of benzene rings is 1. The van der Waals surface area contributed by atoms with Gasteiger partial charge < -0.3 is 4.74 Å². The Labute approximate surface area is 118 Å².